The van der Waals surface area contributed by atoms with Gasteiger partial charge in [0, 0.05) is 25.7 Å². The van der Waals surface area contributed by atoms with E-state index in [1.807, 2.05) is 0 Å². The lowest BCUT2D eigenvalue weighted by Crippen LogP contribution is -2.49. The van der Waals surface area contributed by atoms with Crippen LogP contribution < -0.4 is 5.32 Å². The van der Waals surface area contributed by atoms with Crippen molar-refractivity contribution in [2.45, 2.75) is 44.6 Å². The minimum atomic E-state index is 0.887. The van der Waals surface area contributed by atoms with Gasteiger partial charge in [-0.1, -0.05) is 25.7 Å². The molecular formula is C12H24N2. The van der Waals surface area contributed by atoms with Crippen molar-refractivity contribution >= 4 is 0 Å². The van der Waals surface area contributed by atoms with Gasteiger partial charge in [-0.3, -0.25) is 0 Å². The second-order valence-corrected chi connectivity index (χ2v) is 5.11. The second-order valence-electron chi connectivity index (χ2n) is 5.11. The highest BCUT2D eigenvalue weighted by molar-refractivity contribution is 4.80. The molecule has 2 heteroatoms. The zero-order valence-electron chi connectivity index (χ0n) is 9.47. The fourth-order valence-corrected chi connectivity index (χ4v) is 2.73. The average molecular weight is 196 g/mol. The summed E-state index contributed by atoms with van der Waals surface area (Å²) >= 11 is 0. The third-order valence-electron chi connectivity index (χ3n) is 3.86. The minimum Gasteiger partial charge on any atom is -0.316 e. The Morgan fingerprint density at radius 3 is 2.21 bits per heavy atom. The molecule has 0 aromatic heterocycles. The Kier molecular flexibility index (Phi) is 3.82. The topological polar surface area (TPSA) is 15.3 Å². The summed E-state index contributed by atoms with van der Waals surface area (Å²) in [5.74, 6) is 0.934. The van der Waals surface area contributed by atoms with Crippen molar-refractivity contribution in [2.75, 3.05) is 26.7 Å². The summed E-state index contributed by atoms with van der Waals surface area (Å²) in [6.45, 7) is 3.81. The van der Waals surface area contributed by atoms with Crippen LogP contribution in [-0.4, -0.2) is 37.6 Å². The Morgan fingerprint density at radius 1 is 1.07 bits per heavy atom. The van der Waals surface area contributed by atoms with E-state index in [4.69, 9.17) is 0 Å². The maximum absolute atomic E-state index is 3.36. The van der Waals surface area contributed by atoms with Gasteiger partial charge in [-0.05, 0) is 25.8 Å². The van der Waals surface area contributed by atoms with Crippen LogP contribution in [0.4, 0.5) is 0 Å². The van der Waals surface area contributed by atoms with E-state index in [0.717, 1.165) is 12.0 Å². The summed E-state index contributed by atoms with van der Waals surface area (Å²) < 4.78 is 0. The Balaban J connectivity index is 1.73. The Labute approximate surface area is 88.1 Å². The summed E-state index contributed by atoms with van der Waals surface area (Å²) in [6, 6.07) is 0.887. The first-order valence-electron chi connectivity index (χ1n) is 6.27. The molecule has 0 bridgehead atoms. The van der Waals surface area contributed by atoms with E-state index in [0.29, 0.717) is 0 Å². The van der Waals surface area contributed by atoms with Crippen LogP contribution in [0.2, 0.25) is 0 Å². The first kappa shape index (κ1) is 10.4. The van der Waals surface area contributed by atoms with Crippen molar-refractivity contribution in [1.29, 1.82) is 0 Å². The van der Waals surface area contributed by atoms with Gasteiger partial charge in [-0.25, -0.2) is 0 Å². The molecule has 1 heterocycles. The summed E-state index contributed by atoms with van der Waals surface area (Å²) in [7, 11) is 2.33. The van der Waals surface area contributed by atoms with E-state index in [9.17, 15) is 0 Å². The van der Waals surface area contributed by atoms with Crippen molar-refractivity contribution in [3.05, 3.63) is 0 Å². The minimum absolute atomic E-state index is 0.887. The van der Waals surface area contributed by atoms with Crippen LogP contribution in [0, 0.1) is 5.92 Å². The van der Waals surface area contributed by atoms with Gasteiger partial charge >= 0.3 is 0 Å². The summed E-state index contributed by atoms with van der Waals surface area (Å²) in [5, 5.41) is 3.36. The molecule has 2 fully saturated rings. The lowest BCUT2D eigenvalue weighted by atomic mass is 10.0. The van der Waals surface area contributed by atoms with Crippen LogP contribution in [0.25, 0.3) is 0 Å². The van der Waals surface area contributed by atoms with Crippen molar-refractivity contribution in [3.8, 4) is 0 Å². The van der Waals surface area contributed by atoms with Gasteiger partial charge in [0.05, 0.1) is 0 Å². The zero-order chi connectivity index (χ0) is 9.80. The predicted octanol–water partition coefficient (Wildman–Crippen LogP) is 1.86. The first-order chi connectivity index (χ1) is 6.86. The molecule has 0 unspecified atom stereocenters. The normalized spacial score (nSPS) is 26.1. The fourth-order valence-electron chi connectivity index (χ4n) is 2.73. The third kappa shape index (κ3) is 2.71. The lowest BCUT2D eigenvalue weighted by molar-refractivity contribution is 0.162. The molecule has 1 aliphatic heterocycles. The highest BCUT2D eigenvalue weighted by Gasteiger charge is 2.23. The van der Waals surface area contributed by atoms with E-state index in [-0.39, 0.29) is 0 Å². The van der Waals surface area contributed by atoms with Crippen LogP contribution in [0.15, 0.2) is 0 Å². The van der Waals surface area contributed by atoms with Gasteiger partial charge < -0.3 is 10.2 Å². The predicted molar refractivity (Wildman–Crippen MR) is 60.5 cm³/mol. The number of hydrogen-bond donors (Lipinski definition) is 1. The van der Waals surface area contributed by atoms with Crippen LogP contribution in [0.3, 0.4) is 0 Å². The molecule has 14 heavy (non-hydrogen) atoms. The quantitative estimate of drug-likeness (QED) is 0.693. The molecule has 0 aromatic rings. The van der Waals surface area contributed by atoms with Gasteiger partial charge in [-0.2, -0.15) is 0 Å². The van der Waals surface area contributed by atoms with Gasteiger partial charge in [-0.15, -0.1) is 0 Å². The van der Waals surface area contributed by atoms with E-state index in [2.05, 4.69) is 17.3 Å². The second kappa shape index (κ2) is 5.13. The molecule has 0 aromatic carbocycles. The molecule has 2 rings (SSSR count). The highest BCUT2D eigenvalue weighted by atomic mass is 15.1. The van der Waals surface area contributed by atoms with Crippen molar-refractivity contribution in [3.63, 3.8) is 0 Å². The zero-order valence-corrected chi connectivity index (χ0v) is 9.47. The molecule has 0 amide bonds. The van der Waals surface area contributed by atoms with Crippen molar-refractivity contribution in [2.24, 2.45) is 5.92 Å². The van der Waals surface area contributed by atoms with E-state index in [1.54, 1.807) is 0 Å². The number of nitrogens with zero attached hydrogens (tertiary/aromatic N) is 1. The summed E-state index contributed by atoms with van der Waals surface area (Å²) in [6.07, 6.45) is 8.73. The molecule has 1 saturated carbocycles. The summed E-state index contributed by atoms with van der Waals surface area (Å²) in [5.41, 5.74) is 0. The van der Waals surface area contributed by atoms with Gasteiger partial charge in [0.25, 0.3) is 0 Å². The van der Waals surface area contributed by atoms with Crippen molar-refractivity contribution in [1.82, 2.24) is 10.2 Å². The SMILES string of the molecule is CN(CC1CNC1)C1CCCCCC1. The summed E-state index contributed by atoms with van der Waals surface area (Å²) in [4.78, 5) is 2.62. The molecule has 2 nitrogen and oxygen atoms in total. The molecule has 82 valence electrons. The Morgan fingerprint density at radius 2 is 1.71 bits per heavy atom. The number of hydrogen-bond acceptors (Lipinski definition) is 2. The van der Waals surface area contributed by atoms with Crippen LogP contribution in [-0.2, 0) is 0 Å². The molecular weight excluding hydrogens is 172 g/mol. The Hall–Kier alpha value is -0.0800. The highest BCUT2D eigenvalue weighted by Crippen LogP contribution is 2.22. The molecule has 1 aliphatic carbocycles. The molecule has 0 spiro atoms. The molecule has 1 saturated heterocycles. The molecule has 0 atom stereocenters. The van der Waals surface area contributed by atoms with Crippen LogP contribution in [0.1, 0.15) is 38.5 Å². The van der Waals surface area contributed by atoms with Crippen molar-refractivity contribution < 1.29 is 0 Å². The van der Waals surface area contributed by atoms with Gasteiger partial charge in [0.2, 0.25) is 0 Å². The lowest BCUT2D eigenvalue weighted by Gasteiger charge is -2.35. The molecule has 0 radical (unpaired) electrons. The van der Waals surface area contributed by atoms with E-state index >= 15 is 0 Å². The van der Waals surface area contributed by atoms with E-state index < -0.39 is 0 Å². The van der Waals surface area contributed by atoms with E-state index in [1.165, 1.54) is 58.2 Å². The smallest absolute Gasteiger partial charge is 0.00923 e. The van der Waals surface area contributed by atoms with Gasteiger partial charge in [0.1, 0.15) is 0 Å². The number of nitrogens with one attached hydrogen (secondary N) is 1. The monoisotopic (exact) mass is 196 g/mol. The van der Waals surface area contributed by atoms with Crippen LogP contribution >= 0.6 is 0 Å². The first-order valence-corrected chi connectivity index (χ1v) is 6.27. The largest absolute Gasteiger partial charge is 0.316 e. The average Bonchev–Trinajstić information content (AvgIpc) is 2.38. The van der Waals surface area contributed by atoms with Crippen LogP contribution in [0.5, 0.6) is 0 Å². The fraction of sp³-hybridized carbons (Fsp3) is 1.00. The Bertz CT molecular complexity index is 158. The maximum atomic E-state index is 3.36. The standard InChI is InChI=1S/C12H24N2/c1-14(10-11-8-13-9-11)12-6-4-2-3-5-7-12/h11-13H,2-10H2,1H3. The third-order valence-corrected chi connectivity index (χ3v) is 3.86. The number of rotatable bonds is 3. The maximum Gasteiger partial charge on any atom is 0.00923 e. The van der Waals surface area contributed by atoms with Gasteiger partial charge in [0.15, 0.2) is 0 Å². The molecule has 2 aliphatic rings. The molecule has 1 N–H and O–H groups in total.